The molecular formula is C19H21BrFNO2. The number of halogens is 2. The maximum atomic E-state index is 14.4. The third-order valence-corrected chi connectivity index (χ3v) is 4.12. The second-order valence-corrected chi connectivity index (χ2v) is 7.40. The van der Waals surface area contributed by atoms with Crippen LogP contribution in [0.1, 0.15) is 31.9 Å². The summed E-state index contributed by atoms with van der Waals surface area (Å²) in [5, 5.41) is 2.74. The predicted molar refractivity (Wildman–Crippen MR) is 97.3 cm³/mol. The van der Waals surface area contributed by atoms with Crippen molar-refractivity contribution >= 4 is 22.0 Å². The molecule has 5 heteroatoms. The number of carbonyl (C=O) groups is 1. The Labute approximate surface area is 150 Å². The lowest BCUT2D eigenvalue weighted by Crippen LogP contribution is -2.32. The van der Waals surface area contributed by atoms with E-state index in [0.29, 0.717) is 16.6 Å². The first-order valence-corrected chi connectivity index (χ1v) is 8.48. The van der Waals surface area contributed by atoms with Crippen LogP contribution in [-0.4, -0.2) is 11.7 Å². The summed E-state index contributed by atoms with van der Waals surface area (Å²) in [5.41, 5.74) is 2.63. The minimum absolute atomic E-state index is 0.294. The topological polar surface area (TPSA) is 38.3 Å². The summed E-state index contributed by atoms with van der Waals surface area (Å²) in [5.74, 6) is -0.294. The molecule has 0 aliphatic rings. The van der Waals surface area contributed by atoms with E-state index in [1.807, 2.05) is 45.9 Å². The molecule has 0 aliphatic carbocycles. The van der Waals surface area contributed by atoms with Gasteiger partial charge in [-0.3, -0.25) is 0 Å². The van der Waals surface area contributed by atoms with Gasteiger partial charge in [-0.15, -0.1) is 0 Å². The molecule has 1 N–H and O–H groups in total. The van der Waals surface area contributed by atoms with E-state index in [9.17, 15) is 9.18 Å². The SMILES string of the molecule is Cc1c(CNC(=O)OC(C)(C)C)cccc1-c1cccc(Br)c1F. The fourth-order valence-electron chi connectivity index (χ4n) is 2.36. The lowest BCUT2D eigenvalue weighted by atomic mass is 9.96. The molecule has 0 fully saturated rings. The van der Waals surface area contributed by atoms with Gasteiger partial charge in [0.15, 0.2) is 0 Å². The smallest absolute Gasteiger partial charge is 0.407 e. The number of amides is 1. The first kappa shape index (κ1) is 18.5. The van der Waals surface area contributed by atoms with Gasteiger partial charge < -0.3 is 10.1 Å². The zero-order valence-corrected chi connectivity index (χ0v) is 15.8. The van der Waals surface area contributed by atoms with Crippen LogP contribution in [0.15, 0.2) is 40.9 Å². The average Bonchev–Trinajstić information content (AvgIpc) is 2.48. The van der Waals surface area contributed by atoms with Crippen LogP contribution in [0.2, 0.25) is 0 Å². The summed E-state index contributed by atoms with van der Waals surface area (Å²) in [6, 6.07) is 10.8. The average molecular weight is 394 g/mol. The molecule has 128 valence electrons. The van der Waals surface area contributed by atoms with E-state index in [2.05, 4.69) is 21.2 Å². The van der Waals surface area contributed by atoms with Crippen molar-refractivity contribution in [2.75, 3.05) is 0 Å². The van der Waals surface area contributed by atoms with Crippen LogP contribution in [0.4, 0.5) is 9.18 Å². The van der Waals surface area contributed by atoms with Gasteiger partial charge in [-0.2, -0.15) is 0 Å². The third kappa shape index (κ3) is 4.57. The molecule has 0 aliphatic heterocycles. The molecule has 0 radical (unpaired) electrons. The van der Waals surface area contributed by atoms with Crippen LogP contribution >= 0.6 is 15.9 Å². The van der Waals surface area contributed by atoms with Gasteiger partial charge in [-0.1, -0.05) is 30.3 Å². The van der Waals surface area contributed by atoms with Crippen molar-refractivity contribution in [3.8, 4) is 11.1 Å². The molecule has 0 aromatic heterocycles. The Morgan fingerprint density at radius 3 is 2.46 bits per heavy atom. The van der Waals surface area contributed by atoms with Gasteiger partial charge in [0.1, 0.15) is 11.4 Å². The van der Waals surface area contributed by atoms with Crippen molar-refractivity contribution in [2.24, 2.45) is 0 Å². The Morgan fingerprint density at radius 1 is 1.17 bits per heavy atom. The number of hydrogen-bond acceptors (Lipinski definition) is 2. The highest BCUT2D eigenvalue weighted by Crippen LogP contribution is 2.31. The van der Waals surface area contributed by atoms with E-state index >= 15 is 0 Å². The quantitative estimate of drug-likeness (QED) is 0.737. The van der Waals surface area contributed by atoms with Gasteiger partial charge in [0, 0.05) is 12.1 Å². The molecule has 0 saturated carbocycles. The van der Waals surface area contributed by atoms with Crippen molar-refractivity contribution in [3.05, 3.63) is 57.8 Å². The Hall–Kier alpha value is -1.88. The monoisotopic (exact) mass is 393 g/mol. The first-order chi connectivity index (χ1) is 11.2. The Balaban J connectivity index is 2.23. The molecule has 2 rings (SSSR count). The second-order valence-electron chi connectivity index (χ2n) is 6.55. The molecule has 0 unspecified atom stereocenters. The van der Waals surface area contributed by atoms with Gasteiger partial charge in [0.05, 0.1) is 4.47 Å². The van der Waals surface area contributed by atoms with Crippen LogP contribution in [-0.2, 0) is 11.3 Å². The normalized spacial score (nSPS) is 11.2. The second kappa shape index (κ2) is 7.34. The molecule has 24 heavy (non-hydrogen) atoms. The maximum absolute atomic E-state index is 14.4. The zero-order valence-electron chi connectivity index (χ0n) is 14.2. The van der Waals surface area contributed by atoms with Crippen molar-refractivity contribution in [2.45, 2.75) is 39.8 Å². The molecule has 0 atom stereocenters. The molecular weight excluding hydrogens is 373 g/mol. The van der Waals surface area contributed by atoms with Crippen molar-refractivity contribution in [1.29, 1.82) is 0 Å². The summed E-state index contributed by atoms with van der Waals surface area (Å²) in [4.78, 5) is 11.8. The molecule has 0 bridgehead atoms. The minimum Gasteiger partial charge on any atom is -0.444 e. The molecule has 2 aromatic rings. The molecule has 0 saturated heterocycles. The van der Waals surface area contributed by atoms with E-state index in [1.165, 1.54) is 0 Å². The summed E-state index contributed by atoms with van der Waals surface area (Å²) in [7, 11) is 0. The number of rotatable bonds is 3. The summed E-state index contributed by atoms with van der Waals surface area (Å²) >= 11 is 3.22. The fraction of sp³-hybridized carbons (Fsp3) is 0.316. The molecule has 2 aromatic carbocycles. The Morgan fingerprint density at radius 2 is 1.79 bits per heavy atom. The van der Waals surface area contributed by atoms with Crippen molar-refractivity contribution in [3.63, 3.8) is 0 Å². The fourth-order valence-corrected chi connectivity index (χ4v) is 2.73. The molecule has 1 amide bonds. The number of nitrogens with one attached hydrogen (secondary N) is 1. The van der Waals surface area contributed by atoms with Gasteiger partial charge in [0.2, 0.25) is 0 Å². The highest BCUT2D eigenvalue weighted by molar-refractivity contribution is 9.10. The highest BCUT2D eigenvalue weighted by atomic mass is 79.9. The standard InChI is InChI=1S/C19H21BrFNO2/c1-12-13(11-22-18(23)24-19(2,3)4)7-5-8-14(12)15-9-6-10-16(20)17(15)21/h5-10H,11H2,1-4H3,(H,22,23). The van der Waals surface area contributed by atoms with Crippen molar-refractivity contribution in [1.82, 2.24) is 5.32 Å². The van der Waals surface area contributed by atoms with E-state index in [4.69, 9.17) is 4.74 Å². The highest BCUT2D eigenvalue weighted by Gasteiger charge is 2.17. The van der Waals surface area contributed by atoms with E-state index in [1.54, 1.807) is 18.2 Å². The van der Waals surface area contributed by atoms with Gasteiger partial charge in [-0.25, -0.2) is 9.18 Å². The number of alkyl carbamates (subject to hydrolysis) is 1. The van der Waals surface area contributed by atoms with Crippen molar-refractivity contribution < 1.29 is 13.9 Å². The zero-order chi connectivity index (χ0) is 17.9. The van der Waals surface area contributed by atoms with E-state index < -0.39 is 11.7 Å². The van der Waals surface area contributed by atoms with E-state index in [0.717, 1.165) is 16.7 Å². The molecule has 0 spiro atoms. The molecule has 3 nitrogen and oxygen atoms in total. The van der Waals surface area contributed by atoms with Crippen LogP contribution in [0.25, 0.3) is 11.1 Å². The molecule has 0 heterocycles. The maximum Gasteiger partial charge on any atom is 0.407 e. The number of ether oxygens (including phenoxy) is 1. The lowest BCUT2D eigenvalue weighted by Gasteiger charge is -2.20. The summed E-state index contributed by atoms with van der Waals surface area (Å²) < 4.78 is 20.0. The Bertz CT molecular complexity index is 754. The van der Waals surface area contributed by atoms with Crippen LogP contribution in [0.5, 0.6) is 0 Å². The summed E-state index contributed by atoms with van der Waals surface area (Å²) in [6.45, 7) is 7.68. The largest absolute Gasteiger partial charge is 0.444 e. The van der Waals surface area contributed by atoms with Crippen LogP contribution < -0.4 is 5.32 Å². The third-order valence-electron chi connectivity index (χ3n) is 3.51. The van der Waals surface area contributed by atoms with E-state index in [-0.39, 0.29) is 5.82 Å². The lowest BCUT2D eigenvalue weighted by molar-refractivity contribution is 0.0523. The predicted octanol–water partition coefficient (Wildman–Crippen LogP) is 5.59. The van der Waals surface area contributed by atoms with Gasteiger partial charge >= 0.3 is 6.09 Å². The first-order valence-electron chi connectivity index (χ1n) is 7.69. The van der Waals surface area contributed by atoms with Crippen LogP contribution in [0.3, 0.4) is 0 Å². The minimum atomic E-state index is -0.541. The number of hydrogen-bond donors (Lipinski definition) is 1. The van der Waals surface area contributed by atoms with Gasteiger partial charge in [-0.05, 0) is 66.4 Å². The van der Waals surface area contributed by atoms with Crippen LogP contribution in [0, 0.1) is 12.7 Å². The Kier molecular flexibility index (Phi) is 5.65. The number of benzene rings is 2. The number of carbonyl (C=O) groups excluding carboxylic acids is 1. The summed E-state index contributed by atoms with van der Waals surface area (Å²) in [6.07, 6.45) is -0.471. The van der Waals surface area contributed by atoms with Gasteiger partial charge in [0.25, 0.3) is 0 Å².